The average Bonchev–Trinajstić information content (AvgIpc) is 2.46. The lowest BCUT2D eigenvalue weighted by molar-refractivity contribution is -0.136. The highest BCUT2D eigenvalue weighted by atomic mass is 16.4. The van der Waals surface area contributed by atoms with Crippen molar-refractivity contribution in [2.75, 3.05) is 0 Å². The van der Waals surface area contributed by atoms with Crippen LogP contribution in [0.3, 0.4) is 0 Å². The number of imidazole rings is 1. The molecule has 1 rings (SSSR count). The minimum atomic E-state index is -0.833. The molecule has 0 radical (unpaired) electrons. The van der Waals surface area contributed by atoms with Gasteiger partial charge in [0.25, 0.3) is 0 Å². The Morgan fingerprint density at radius 3 is 2.71 bits per heavy atom. The number of rotatable bonds is 4. The van der Waals surface area contributed by atoms with Gasteiger partial charge in [-0.15, -0.1) is 0 Å². The average molecular weight is 196 g/mol. The fraction of sp³-hybridized carbons (Fsp3) is 0.600. The molecule has 0 atom stereocenters. The molecule has 0 saturated heterocycles. The Bertz CT molecular complexity index is 329. The Morgan fingerprint density at radius 1 is 1.64 bits per heavy atom. The number of carboxylic acids is 1. The van der Waals surface area contributed by atoms with E-state index in [1.54, 1.807) is 6.20 Å². The van der Waals surface area contributed by atoms with Crippen LogP contribution in [0, 0.1) is 0 Å². The molecule has 14 heavy (non-hydrogen) atoms. The molecule has 0 aliphatic heterocycles. The van der Waals surface area contributed by atoms with Crippen molar-refractivity contribution in [1.29, 1.82) is 0 Å². The van der Waals surface area contributed by atoms with Crippen LogP contribution in [-0.2, 0) is 17.6 Å². The molecule has 0 aliphatic rings. The molecule has 0 saturated carbocycles. The van der Waals surface area contributed by atoms with Gasteiger partial charge in [-0.05, 0) is 20.3 Å². The molecule has 78 valence electrons. The highest BCUT2D eigenvalue weighted by molar-refractivity contribution is 5.69. The van der Waals surface area contributed by atoms with Crippen molar-refractivity contribution in [2.45, 2.75) is 39.7 Å². The standard InChI is InChI=1S/C10H16N2O2/c1-4-8-6-11-9(5-10(13)14)12(8)7(2)3/h6-7H,4-5H2,1-3H3,(H,13,14). The van der Waals surface area contributed by atoms with Crippen LogP contribution in [0.4, 0.5) is 0 Å². The predicted octanol–water partition coefficient (Wildman–Crippen LogP) is 1.65. The predicted molar refractivity (Wildman–Crippen MR) is 53.3 cm³/mol. The van der Waals surface area contributed by atoms with Gasteiger partial charge in [-0.3, -0.25) is 4.79 Å². The molecular formula is C10H16N2O2. The fourth-order valence-electron chi connectivity index (χ4n) is 1.60. The van der Waals surface area contributed by atoms with E-state index in [1.165, 1.54) is 0 Å². The smallest absolute Gasteiger partial charge is 0.311 e. The zero-order chi connectivity index (χ0) is 10.7. The van der Waals surface area contributed by atoms with Crippen LogP contribution in [0.25, 0.3) is 0 Å². The van der Waals surface area contributed by atoms with Crippen molar-refractivity contribution in [3.05, 3.63) is 17.7 Å². The van der Waals surface area contributed by atoms with Crippen LogP contribution < -0.4 is 0 Å². The van der Waals surface area contributed by atoms with E-state index in [2.05, 4.69) is 4.98 Å². The summed E-state index contributed by atoms with van der Waals surface area (Å²) in [5.41, 5.74) is 1.09. The second kappa shape index (κ2) is 4.26. The van der Waals surface area contributed by atoms with Gasteiger partial charge in [-0.1, -0.05) is 6.92 Å². The number of aliphatic carboxylic acids is 1. The Hall–Kier alpha value is -1.32. The number of aryl methyl sites for hydroxylation is 1. The van der Waals surface area contributed by atoms with Crippen molar-refractivity contribution in [3.8, 4) is 0 Å². The van der Waals surface area contributed by atoms with Crippen LogP contribution in [0.15, 0.2) is 6.20 Å². The molecule has 1 aromatic heterocycles. The highest BCUT2D eigenvalue weighted by Crippen LogP contribution is 2.14. The maximum atomic E-state index is 10.6. The first-order valence-electron chi connectivity index (χ1n) is 4.83. The minimum Gasteiger partial charge on any atom is -0.481 e. The molecule has 0 bridgehead atoms. The maximum Gasteiger partial charge on any atom is 0.311 e. The maximum absolute atomic E-state index is 10.6. The Kier molecular flexibility index (Phi) is 3.28. The monoisotopic (exact) mass is 196 g/mol. The van der Waals surface area contributed by atoms with Crippen LogP contribution in [-0.4, -0.2) is 20.6 Å². The molecule has 0 amide bonds. The van der Waals surface area contributed by atoms with Gasteiger partial charge < -0.3 is 9.67 Å². The summed E-state index contributed by atoms with van der Waals surface area (Å²) in [4.78, 5) is 14.7. The summed E-state index contributed by atoms with van der Waals surface area (Å²) in [5, 5.41) is 8.70. The van der Waals surface area contributed by atoms with Crippen LogP contribution in [0.1, 0.15) is 38.3 Å². The normalized spacial score (nSPS) is 10.9. The van der Waals surface area contributed by atoms with E-state index in [1.807, 2.05) is 25.3 Å². The molecule has 0 aliphatic carbocycles. The van der Waals surface area contributed by atoms with Gasteiger partial charge >= 0.3 is 5.97 Å². The lowest BCUT2D eigenvalue weighted by Crippen LogP contribution is -2.13. The van der Waals surface area contributed by atoms with Gasteiger partial charge in [0.1, 0.15) is 12.2 Å². The third-order valence-electron chi connectivity index (χ3n) is 2.14. The topological polar surface area (TPSA) is 55.1 Å². The third kappa shape index (κ3) is 2.13. The van der Waals surface area contributed by atoms with E-state index in [0.29, 0.717) is 5.82 Å². The van der Waals surface area contributed by atoms with Crippen LogP contribution >= 0.6 is 0 Å². The largest absolute Gasteiger partial charge is 0.481 e. The Morgan fingerprint density at radius 2 is 2.29 bits per heavy atom. The molecule has 0 fully saturated rings. The number of hydrogen-bond donors (Lipinski definition) is 1. The molecule has 0 aromatic carbocycles. The Balaban J connectivity index is 3.04. The molecule has 0 unspecified atom stereocenters. The summed E-state index contributed by atoms with van der Waals surface area (Å²) in [5.74, 6) is -0.190. The first-order valence-corrected chi connectivity index (χ1v) is 4.83. The van der Waals surface area contributed by atoms with Crippen molar-refractivity contribution >= 4 is 5.97 Å². The minimum absolute atomic E-state index is 0.00181. The fourth-order valence-corrected chi connectivity index (χ4v) is 1.60. The third-order valence-corrected chi connectivity index (χ3v) is 2.14. The van der Waals surface area contributed by atoms with Crippen LogP contribution in [0.2, 0.25) is 0 Å². The van der Waals surface area contributed by atoms with Crippen LogP contribution in [0.5, 0.6) is 0 Å². The van der Waals surface area contributed by atoms with Gasteiger partial charge in [-0.2, -0.15) is 0 Å². The van der Waals surface area contributed by atoms with Gasteiger partial charge in [0.05, 0.1) is 0 Å². The molecule has 1 aromatic rings. The van der Waals surface area contributed by atoms with Crippen molar-refractivity contribution in [3.63, 3.8) is 0 Å². The second-order valence-corrected chi connectivity index (χ2v) is 3.55. The molecule has 1 N–H and O–H groups in total. The number of carboxylic acid groups (broad SMARTS) is 1. The summed E-state index contributed by atoms with van der Waals surface area (Å²) < 4.78 is 1.99. The number of carbonyl (C=O) groups is 1. The molecule has 1 heterocycles. The molecule has 4 nitrogen and oxygen atoms in total. The number of hydrogen-bond acceptors (Lipinski definition) is 2. The van der Waals surface area contributed by atoms with E-state index in [9.17, 15) is 4.79 Å². The summed E-state index contributed by atoms with van der Waals surface area (Å²) in [7, 11) is 0. The quantitative estimate of drug-likeness (QED) is 0.796. The van der Waals surface area contributed by atoms with Gasteiger partial charge in [-0.25, -0.2) is 4.98 Å². The van der Waals surface area contributed by atoms with E-state index in [0.717, 1.165) is 12.1 Å². The number of aromatic nitrogens is 2. The SMILES string of the molecule is CCc1cnc(CC(=O)O)n1C(C)C. The summed E-state index contributed by atoms with van der Waals surface area (Å²) in [6, 6.07) is 0.266. The van der Waals surface area contributed by atoms with E-state index >= 15 is 0 Å². The van der Waals surface area contributed by atoms with E-state index in [4.69, 9.17) is 5.11 Å². The first-order chi connectivity index (χ1) is 6.56. The lowest BCUT2D eigenvalue weighted by atomic mass is 10.3. The van der Waals surface area contributed by atoms with Gasteiger partial charge in [0.2, 0.25) is 0 Å². The second-order valence-electron chi connectivity index (χ2n) is 3.55. The zero-order valence-corrected chi connectivity index (χ0v) is 8.82. The summed E-state index contributed by atoms with van der Waals surface area (Å²) in [6.07, 6.45) is 2.64. The van der Waals surface area contributed by atoms with Crippen molar-refractivity contribution in [2.24, 2.45) is 0 Å². The van der Waals surface area contributed by atoms with Gasteiger partial charge in [0, 0.05) is 17.9 Å². The summed E-state index contributed by atoms with van der Waals surface area (Å²) >= 11 is 0. The number of nitrogens with zero attached hydrogens (tertiary/aromatic N) is 2. The molecule has 0 spiro atoms. The zero-order valence-electron chi connectivity index (χ0n) is 8.82. The Labute approximate surface area is 83.6 Å². The molecule has 4 heteroatoms. The van der Waals surface area contributed by atoms with Crippen molar-refractivity contribution in [1.82, 2.24) is 9.55 Å². The van der Waals surface area contributed by atoms with Gasteiger partial charge in [0.15, 0.2) is 0 Å². The summed E-state index contributed by atoms with van der Waals surface area (Å²) in [6.45, 7) is 6.11. The van der Waals surface area contributed by atoms with E-state index in [-0.39, 0.29) is 12.5 Å². The molecular weight excluding hydrogens is 180 g/mol. The lowest BCUT2D eigenvalue weighted by Gasteiger charge is -2.13. The van der Waals surface area contributed by atoms with E-state index < -0.39 is 5.97 Å². The van der Waals surface area contributed by atoms with Crippen molar-refractivity contribution < 1.29 is 9.90 Å². The highest BCUT2D eigenvalue weighted by Gasteiger charge is 2.13. The first kappa shape index (κ1) is 10.8.